The van der Waals surface area contributed by atoms with Gasteiger partial charge >= 0.3 is 0 Å². The smallest absolute Gasteiger partial charge is 0.260 e. The Balaban J connectivity index is 1.88. The third-order valence-corrected chi connectivity index (χ3v) is 5.18. The molecule has 0 aliphatic carbocycles. The van der Waals surface area contributed by atoms with Crippen LogP contribution in [0.25, 0.3) is 22.2 Å². The number of pyridine rings is 2. The Morgan fingerprint density at radius 1 is 1.06 bits per heavy atom. The Hall–Kier alpha value is -4.14. The molecule has 164 valence electrons. The summed E-state index contributed by atoms with van der Waals surface area (Å²) in [5.41, 5.74) is 8.36. The van der Waals surface area contributed by atoms with Crippen LogP contribution in [0.3, 0.4) is 0 Å². The number of hydrogen-bond acceptors (Lipinski definition) is 8. The first kappa shape index (κ1) is 21.1. The topological polar surface area (TPSA) is 117 Å². The molecular formula is C23H24N6O3. The Kier molecular flexibility index (Phi) is 5.89. The van der Waals surface area contributed by atoms with E-state index in [1.165, 1.54) is 0 Å². The second-order valence-electron chi connectivity index (χ2n) is 7.18. The van der Waals surface area contributed by atoms with Crippen LogP contribution in [0.5, 0.6) is 11.5 Å². The molecule has 0 unspecified atom stereocenters. The maximum absolute atomic E-state index is 13.6. The first-order valence-corrected chi connectivity index (χ1v) is 10.0. The molecule has 3 aromatic heterocycles. The van der Waals surface area contributed by atoms with Crippen molar-refractivity contribution in [3.8, 4) is 22.6 Å². The maximum Gasteiger partial charge on any atom is 0.260 e. The minimum absolute atomic E-state index is 0.171. The molecule has 9 heteroatoms. The fourth-order valence-corrected chi connectivity index (χ4v) is 3.55. The molecule has 4 aromatic rings. The molecule has 3 heterocycles. The zero-order chi connectivity index (χ0) is 22.7. The lowest BCUT2D eigenvalue weighted by atomic mass is 10.0. The predicted molar refractivity (Wildman–Crippen MR) is 124 cm³/mol. The lowest BCUT2D eigenvalue weighted by Gasteiger charge is -2.14. The van der Waals surface area contributed by atoms with Gasteiger partial charge in [-0.3, -0.25) is 9.36 Å². The third kappa shape index (κ3) is 4.18. The number of rotatable bonds is 7. The van der Waals surface area contributed by atoms with Crippen molar-refractivity contribution in [2.45, 2.75) is 13.0 Å². The second-order valence-corrected chi connectivity index (χ2v) is 7.18. The highest BCUT2D eigenvalue weighted by atomic mass is 16.5. The fourth-order valence-electron chi connectivity index (χ4n) is 3.55. The molecule has 0 saturated carbocycles. The highest BCUT2D eigenvalue weighted by molar-refractivity contribution is 5.82. The second kappa shape index (κ2) is 8.93. The summed E-state index contributed by atoms with van der Waals surface area (Å²) in [5.74, 6) is 2.07. The van der Waals surface area contributed by atoms with Gasteiger partial charge in [-0.2, -0.15) is 4.98 Å². The number of fused-ring (bicyclic) bond motifs is 1. The molecule has 9 nitrogen and oxygen atoms in total. The SMILES string of the molecule is CNc1ncc2cc(-c3cc(OC)cc(OC)c3)c(=O)n(CCc3ccnc(N)c3)c2n1. The normalized spacial score (nSPS) is 10.8. The van der Waals surface area contributed by atoms with E-state index in [0.717, 1.165) is 10.9 Å². The van der Waals surface area contributed by atoms with E-state index in [1.807, 2.05) is 18.2 Å². The van der Waals surface area contributed by atoms with Gasteiger partial charge in [-0.25, -0.2) is 9.97 Å². The monoisotopic (exact) mass is 432 g/mol. The van der Waals surface area contributed by atoms with Crippen LogP contribution in [0.2, 0.25) is 0 Å². The average molecular weight is 432 g/mol. The van der Waals surface area contributed by atoms with E-state index < -0.39 is 0 Å². The van der Waals surface area contributed by atoms with Crippen molar-refractivity contribution < 1.29 is 9.47 Å². The number of nitrogen functional groups attached to an aromatic ring is 1. The number of hydrogen-bond donors (Lipinski definition) is 2. The van der Waals surface area contributed by atoms with Gasteiger partial charge in [-0.1, -0.05) is 0 Å². The summed E-state index contributed by atoms with van der Waals surface area (Å²) in [6.07, 6.45) is 3.95. The van der Waals surface area contributed by atoms with Crippen LogP contribution in [-0.4, -0.2) is 40.8 Å². The molecule has 0 fully saturated rings. The fraction of sp³-hybridized carbons (Fsp3) is 0.217. The van der Waals surface area contributed by atoms with Crippen molar-refractivity contribution >= 4 is 22.8 Å². The summed E-state index contributed by atoms with van der Waals surface area (Å²) in [4.78, 5) is 26.5. The Morgan fingerprint density at radius 2 is 1.81 bits per heavy atom. The van der Waals surface area contributed by atoms with Gasteiger partial charge in [0.15, 0.2) is 0 Å². The van der Waals surface area contributed by atoms with Gasteiger partial charge < -0.3 is 20.5 Å². The quantitative estimate of drug-likeness (QED) is 0.458. The molecular weight excluding hydrogens is 408 g/mol. The first-order chi connectivity index (χ1) is 15.5. The summed E-state index contributed by atoms with van der Waals surface area (Å²) < 4.78 is 12.4. The van der Waals surface area contributed by atoms with E-state index in [2.05, 4.69) is 20.3 Å². The van der Waals surface area contributed by atoms with E-state index in [-0.39, 0.29) is 5.56 Å². The third-order valence-electron chi connectivity index (χ3n) is 5.18. The molecule has 0 bridgehead atoms. The van der Waals surface area contributed by atoms with Crippen LogP contribution in [0, 0.1) is 0 Å². The van der Waals surface area contributed by atoms with Gasteiger partial charge in [-0.05, 0) is 47.9 Å². The minimum atomic E-state index is -0.171. The molecule has 0 aliphatic rings. The van der Waals surface area contributed by atoms with Crippen LogP contribution in [0.1, 0.15) is 5.56 Å². The molecule has 0 amide bonds. The molecule has 0 radical (unpaired) electrons. The highest BCUT2D eigenvalue weighted by Gasteiger charge is 2.15. The van der Waals surface area contributed by atoms with Gasteiger partial charge in [0.2, 0.25) is 5.95 Å². The molecule has 0 saturated heterocycles. The summed E-state index contributed by atoms with van der Waals surface area (Å²) in [6, 6.07) is 10.9. The van der Waals surface area contributed by atoms with Crippen LogP contribution in [0.15, 0.2) is 53.6 Å². The zero-order valence-corrected chi connectivity index (χ0v) is 18.1. The van der Waals surface area contributed by atoms with Gasteiger partial charge in [0, 0.05) is 43.0 Å². The number of nitrogens with zero attached hydrogens (tertiary/aromatic N) is 4. The van der Waals surface area contributed by atoms with E-state index in [4.69, 9.17) is 15.2 Å². The molecule has 3 N–H and O–H groups in total. The maximum atomic E-state index is 13.6. The van der Waals surface area contributed by atoms with Gasteiger partial charge in [-0.15, -0.1) is 0 Å². The summed E-state index contributed by atoms with van der Waals surface area (Å²) >= 11 is 0. The van der Waals surface area contributed by atoms with Crippen molar-refractivity contribution in [3.63, 3.8) is 0 Å². The van der Waals surface area contributed by atoms with E-state index in [9.17, 15) is 4.79 Å². The molecule has 0 spiro atoms. The molecule has 0 atom stereocenters. The zero-order valence-electron chi connectivity index (χ0n) is 18.1. The molecule has 32 heavy (non-hydrogen) atoms. The standard InChI is InChI=1S/C23H24N6O3/c1-25-23-27-13-16-11-19(15-9-17(31-2)12-18(10-15)32-3)22(30)29(21(16)28-23)7-5-14-4-6-26-20(24)8-14/h4,6,8-13H,5,7H2,1-3H3,(H2,24,26)(H,25,27,28). The number of nitrogens with one attached hydrogen (secondary N) is 1. The van der Waals surface area contributed by atoms with Gasteiger partial charge in [0.05, 0.1) is 14.2 Å². The molecule has 0 aliphatic heterocycles. The number of ether oxygens (including phenoxy) is 2. The number of benzene rings is 1. The number of aromatic nitrogens is 4. The van der Waals surface area contributed by atoms with Crippen LogP contribution in [-0.2, 0) is 13.0 Å². The lowest BCUT2D eigenvalue weighted by molar-refractivity contribution is 0.394. The average Bonchev–Trinajstić information content (AvgIpc) is 2.82. The number of aryl methyl sites for hydroxylation is 2. The van der Waals surface area contributed by atoms with E-state index in [1.54, 1.807) is 56.4 Å². The highest BCUT2D eigenvalue weighted by Crippen LogP contribution is 2.29. The van der Waals surface area contributed by atoms with Crippen molar-refractivity contribution in [1.82, 2.24) is 19.5 Å². The van der Waals surface area contributed by atoms with Crippen molar-refractivity contribution in [2.24, 2.45) is 0 Å². The van der Waals surface area contributed by atoms with Gasteiger partial charge in [0.25, 0.3) is 5.56 Å². The Morgan fingerprint density at radius 3 is 2.47 bits per heavy atom. The minimum Gasteiger partial charge on any atom is -0.497 e. The van der Waals surface area contributed by atoms with Crippen LogP contribution < -0.4 is 26.1 Å². The first-order valence-electron chi connectivity index (χ1n) is 10.0. The Labute approximate surface area is 184 Å². The number of nitrogens with two attached hydrogens (primary N) is 1. The van der Waals surface area contributed by atoms with Gasteiger partial charge in [0.1, 0.15) is 23.0 Å². The largest absolute Gasteiger partial charge is 0.497 e. The van der Waals surface area contributed by atoms with E-state index in [0.29, 0.717) is 53.0 Å². The number of anilines is 2. The molecule has 4 rings (SSSR count). The van der Waals surface area contributed by atoms with Crippen molar-refractivity contribution in [1.29, 1.82) is 0 Å². The lowest BCUT2D eigenvalue weighted by Crippen LogP contribution is -2.24. The van der Waals surface area contributed by atoms with Crippen LogP contribution >= 0.6 is 0 Å². The Bertz CT molecular complexity index is 1310. The van der Waals surface area contributed by atoms with Crippen molar-refractivity contribution in [3.05, 3.63) is 64.7 Å². The molecule has 1 aromatic carbocycles. The summed E-state index contributed by atoms with van der Waals surface area (Å²) in [5, 5.41) is 3.67. The van der Waals surface area contributed by atoms with Crippen LogP contribution in [0.4, 0.5) is 11.8 Å². The van der Waals surface area contributed by atoms with E-state index >= 15 is 0 Å². The van der Waals surface area contributed by atoms with Crippen molar-refractivity contribution in [2.75, 3.05) is 32.3 Å². The summed E-state index contributed by atoms with van der Waals surface area (Å²) in [7, 11) is 4.88. The number of methoxy groups -OCH3 is 2. The summed E-state index contributed by atoms with van der Waals surface area (Å²) in [6.45, 7) is 0.411. The predicted octanol–water partition coefficient (Wildman–Crippen LogP) is 2.74.